The number of alkyl halides is 3. The van der Waals surface area contributed by atoms with E-state index in [-0.39, 0.29) is 50.5 Å². The van der Waals surface area contributed by atoms with Crippen molar-refractivity contribution in [3.63, 3.8) is 0 Å². The largest absolute Gasteiger partial charge is 0.416 e. The summed E-state index contributed by atoms with van der Waals surface area (Å²) in [4.78, 5) is 44.1. The normalized spacial score (nSPS) is 23.4. The van der Waals surface area contributed by atoms with Gasteiger partial charge >= 0.3 is 12.2 Å². The summed E-state index contributed by atoms with van der Waals surface area (Å²) in [6.45, 7) is 5.58. The fraction of sp³-hybridized carbons (Fsp3) is 0.516. The van der Waals surface area contributed by atoms with Gasteiger partial charge in [-0.05, 0) is 68.9 Å². The standard InChI is InChI=1S/C31H38F3N3O4/c1-20-16-23(18-24(17-20)31(32,33)34)22(3)35(4)29(41)37-13-12-36-26(27(37)25-9-6-5-8-21(25)2)19-30(11-15-39,28(36)40)10-7-14-38/h5-6,8-9,14,16-18,22,26-27,39H,7,10-13,15,19H2,1-4H3/t22-,26-,27-,30?/m0/s1. The van der Waals surface area contributed by atoms with E-state index in [9.17, 15) is 32.7 Å². The predicted octanol–water partition coefficient (Wildman–Crippen LogP) is 5.44. The van der Waals surface area contributed by atoms with Crippen LogP contribution in [0.3, 0.4) is 0 Å². The minimum Gasteiger partial charge on any atom is -0.396 e. The molecule has 2 aromatic rings. The van der Waals surface area contributed by atoms with Gasteiger partial charge in [0.1, 0.15) is 6.29 Å². The number of carbonyl (C=O) groups excluding carboxylic acids is 3. The molecule has 2 saturated heterocycles. The molecule has 4 atom stereocenters. The molecule has 10 heteroatoms. The van der Waals surface area contributed by atoms with Crippen LogP contribution in [0.2, 0.25) is 0 Å². The van der Waals surface area contributed by atoms with E-state index in [1.54, 1.807) is 36.8 Å². The van der Waals surface area contributed by atoms with E-state index in [4.69, 9.17) is 0 Å². The highest BCUT2D eigenvalue weighted by Crippen LogP contribution is 2.49. The number of piperazine rings is 1. The zero-order chi connectivity index (χ0) is 30.1. The molecule has 41 heavy (non-hydrogen) atoms. The number of urea groups is 1. The van der Waals surface area contributed by atoms with Gasteiger partial charge in [-0.3, -0.25) is 4.79 Å². The molecule has 1 N–H and O–H groups in total. The van der Waals surface area contributed by atoms with E-state index in [0.717, 1.165) is 29.5 Å². The topological polar surface area (TPSA) is 81.2 Å². The van der Waals surface area contributed by atoms with Gasteiger partial charge in [-0.15, -0.1) is 0 Å². The maximum absolute atomic E-state index is 14.1. The number of aldehydes is 1. The third-order valence-corrected chi connectivity index (χ3v) is 8.87. The molecule has 0 spiro atoms. The second kappa shape index (κ2) is 11.8. The smallest absolute Gasteiger partial charge is 0.396 e. The molecule has 0 aromatic heterocycles. The summed E-state index contributed by atoms with van der Waals surface area (Å²) in [6, 6.07) is 9.62. The van der Waals surface area contributed by atoms with Crippen LogP contribution in [-0.2, 0) is 15.8 Å². The summed E-state index contributed by atoms with van der Waals surface area (Å²) in [7, 11) is 1.59. The molecule has 1 unspecified atom stereocenters. The number of aliphatic hydroxyl groups is 1. The Labute approximate surface area is 238 Å². The van der Waals surface area contributed by atoms with Crippen molar-refractivity contribution in [2.45, 2.75) is 70.8 Å². The van der Waals surface area contributed by atoms with Crippen LogP contribution in [0.1, 0.15) is 72.5 Å². The van der Waals surface area contributed by atoms with Crippen LogP contribution in [-0.4, -0.2) is 70.8 Å². The number of amides is 3. The molecule has 0 radical (unpaired) electrons. The minimum atomic E-state index is -4.50. The Kier molecular flexibility index (Phi) is 8.82. The Morgan fingerprint density at radius 1 is 1.17 bits per heavy atom. The number of hydrogen-bond acceptors (Lipinski definition) is 4. The molecule has 2 aliphatic heterocycles. The van der Waals surface area contributed by atoms with Crippen molar-refractivity contribution >= 4 is 18.2 Å². The number of aliphatic hydroxyl groups excluding tert-OH is 1. The van der Waals surface area contributed by atoms with Crippen LogP contribution in [0.15, 0.2) is 42.5 Å². The summed E-state index contributed by atoms with van der Waals surface area (Å²) < 4.78 is 40.6. The molecule has 0 saturated carbocycles. The molecule has 2 aromatic carbocycles. The Morgan fingerprint density at radius 3 is 2.51 bits per heavy atom. The van der Waals surface area contributed by atoms with Gasteiger partial charge in [0.25, 0.3) is 0 Å². The molecule has 2 heterocycles. The lowest BCUT2D eigenvalue weighted by atomic mass is 9.76. The molecule has 222 valence electrons. The molecule has 2 aliphatic rings. The lowest BCUT2D eigenvalue weighted by Gasteiger charge is -2.47. The van der Waals surface area contributed by atoms with E-state index in [2.05, 4.69) is 0 Å². The van der Waals surface area contributed by atoms with Crippen LogP contribution < -0.4 is 0 Å². The number of aryl methyl sites for hydroxylation is 2. The second-order valence-corrected chi connectivity index (χ2v) is 11.4. The van der Waals surface area contributed by atoms with Crippen molar-refractivity contribution in [3.8, 4) is 0 Å². The SMILES string of the molecule is Cc1cc([C@H](C)N(C)C(=O)N2CCN3C(=O)C(CCO)(CCC=O)C[C@H]3[C@@H]2c2ccccc2C)cc(C(F)(F)F)c1. The van der Waals surface area contributed by atoms with Gasteiger partial charge in [-0.1, -0.05) is 35.9 Å². The molecule has 4 rings (SSSR count). The van der Waals surface area contributed by atoms with Crippen LogP contribution in [0.5, 0.6) is 0 Å². The number of hydrogen-bond donors (Lipinski definition) is 1. The van der Waals surface area contributed by atoms with Crippen molar-refractivity contribution in [2.75, 3.05) is 26.7 Å². The quantitative estimate of drug-likeness (QED) is 0.427. The highest BCUT2D eigenvalue weighted by Gasteiger charge is 2.56. The molecule has 0 aliphatic carbocycles. The van der Waals surface area contributed by atoms with Crippen molar-refractivity contribution < 1.29 is 32.7 Å². The molecule has 3 amide bonds. The molecular weight excluding hydrogens is 535 g/mol. The first-order chi connectivity index (χ1) is 19.3. The fourth-order valence-electron chi connectivity index (χ4n) is 6.57. The molecular formula is C31H38F3N3O4. The Bertz CT molecular complexity index is 1300. The molecule has 7 nitrogen and oxygen atoms in total. The summed E-state index contributed by atoms with van der Waals surface area (Å²) >= 11 is 0. The molecule has 0 bridgehead atoms. The maximum Gasteiger partial charge on any atom is 0.416 e. The number of nitrogens with zero attached hydrogens (tertiary/aromatic N) is 3. The van der Waals surface area contributed by atoms with E-state index < -0.39 is 29.2 Å². The van der Waals surface area contributed by atoms with Gasteiger partial charge in [0.2, 0.25) is 5.91 Å². The van der Waals surface area contributed by atoms with Crippen molar-refractivity contribution in [1.29, 1.82) is 0 Å². The Balaban J connectivity index is 1.71. The van der Waals surface area contributed by atoms with Gasteiger partial charge < -0.3 is 24.6 Å². The summed E-state index contributed by atoms with van der Waals surface area (Å²) in [6.07, 6.45) is -2.59. The number of fused-ring (bicyclic) bond motifs is 1. The minimum absolute atomic E-state index is 0.106. The van der Waals surface area contributed by atoms with Crippen LogP contribution in [0.25, 0.3) is 0 Å². The lowest BCUT2D eigenvalue weighted by molar-refractivity contribution is -0.140. The van der Waals surface area contributed by atoms with E-state index in [1.165, 1.54) is 4.90 Å². The van der Waals surface area contributed by atoms with Gasteiger partial charge in [0.05, 0.1) is 29.1 Å². The highest BCUT2D eigenvalue weighted by molar-refractivity contribution is 5.87. The van der Waals surface area contributed by atoms with Gasteiger partial charge in [-0.2, -0.15) is 13.2 Å². The number of carbonyl (C=O) groups is 3. The van der Waals surface area contributed by atoms with E-state index >= 15 is 0 Å². The summed E-state index contributed by atoms with van der Waals surface area (Å²) in [5, 5.41) is 9.84. The second-order valence-electron chi connectivity index (χ2n) is 11.4. The Morgan fingerprint density at radius 2 is 1.88 bits per heavy atom. The number of rotatable bonds is 8. The first-order valence-corrected chi connectivity index (χ1v) is 14.0. The van der Waals surface area contributed by atoms with Gasteiger partial charge in [0, 0.05) is 33.2 Å². The van der Waals surface area contributed by atoms with Crippen LogP contribution in [0, 0.1) is 19.3 Å². The highest BCUT2D eigenvalue weighted by atomic mass is 19.4. The predicted molar refractivity (Wildman–Crippen MR) is 148 cm³/mol. The average molecular weight is 574 g/mol. The number of benzene rings is 2. The zero-order valence-corrected chi connectivity index (χ0v) is 23.9. The zero-order valence-electron chi connectivity index (χ0n) is 23.9. The van der Waals surface area contributed by atoms with Crippen molar-refractivity contribution in [1.82, 2.24) is 14.7 Å². The Hall–Kier alpha value is -3.40. The molecule has 2 fully saturated rings. The first-order valence-electron chi connectivity index (χ1n) is 14.0. The fourth-order valence-corrected chi connectivity index (χ4v) is 6.57. The van der Waals surface area contributed by atoms with Crippen LogP contribution in [0.4, 0.5) is 18.0 Å². The summed E-state index contributed by atoms with van der Waals surface area (Å²) in [5.74, 6) is -0.106. The van der Waals surface area contributed by atoms with Gasteiger partial charge in [0.15, 0.2) is 0 Å². The van der Waals surface area contributed by atoms with E-state index in [0.29, 0.717) is 24.0 Å². The lowest BCUT2D eigenvalue weighted by Crippen LogP contribution is -2.57. The van der Waals surface area contributed by atoms with Crippen molar-refractivity contribution in [2.24, 2.45) is 5.41 Å². The first kappa shape index (κ1) is 30.6. The number of halogens is 3. The average Bonchev–Trinajstić information content (AvgIpc) is 3.21. The van der Waals surface area contributed by atoms with Crippen LogP contribution >= 0.6 is 0 Å². The third kappa shape index (κ3) is 5.84. The monoisotopic (exact) mass is 573 g/mol. The van der Waals surface area contributed by atoms with Gasteiger partial charge in [-0.25, -0.2) is 4.79 Å². The summed E-state index contributed by atoms with van der Waals surface area (Å²) in [5.41, 5.74) is 1.01. The van der Waals surface area contributed by atoms with Crippen molar-refractivity contribution in [3.05, 3.63) is 70.3 Å². The maximum atomic E-state index is 14.1. The van der Waals surface area contributed by atoms with E-state index in [1.807, 2.05) is 31.2 Å². The third-order valence-electron chi connectivity index (χ3n) is 8.87.